The van der Waals surface area contributed by atoms with Gasteiger partial charge in [-0.1, -0.05) is 6.07 Å². The van der Waals surface area contributed by atoms with Crippen molar-refractivity contribution in [2.45, 2.75) is 90.9 Å². The first-order valence-electron chi connectivity index (χ1n) is 10.9. The van der Waals surface area contributed by atoms with Crippen LogP contribution in [0.4, 0.5) is 9.59 Å². The zero-order valence-corrected chi connectivity index (χ0v) is 20.5. The smallest absolute Gasteiger partial charge is 0.419 e. The minimum Gasteiger partial charge on any atom is -0.443 e. The van der Waals surface area contributed by atoms with E-state index in [4.69, 9.17) is 9.47 Å². The summed E-state index contributed by atoms with van der Waals surface area (Å²) in [7, 11) is 0. The third-order valence-corrected chi connectivity index (χ3v) is 4.62. The SMILES string of the molecule is CC(C)(C)OC(=O)N(CCCCNC1CCCc2cccnc21)C(=O)OC(C)(C)C.Cl. The minimum absolute atomic E-state index is 0. The second kappa shape index (κ2) is 11.7. The Bertz CT molecular complexity index is 700. The summed E-state index contributed by atoms with van der Waals surface area (Å²) in [5.74, 6) is 0. The fourth-order valence-electron chi connectivity index (χ4n) is 3.37. The number of pyridine rings is 1. The number of amides is 2. The molecule has 1 N–H and O–H groups in total. The zero-order chi connectivity index (χ0) is 22.4. The molecule has 31 heavy (non-hydrogen) atoms. The normalized spacial score (nSPS) is 16.0. The Kier molecular flexibility index (Phi) is 10.2. The molecule has 0 aromatic carbocycles. The number of carbonyl (C=O) groups excluding carboxylic acids is 2. The molecule has 0 fully saturated rings. The molecule has 0 radical (unpaired) electrons. The summed E-state index contributed by atoms with van der Waals surface area (Å²) in [6, 6.07) is 4.40. The fourth-order valence-corrected chi connectivity index (χ4v) is 3.37. The highest BCUT2D eigenvalue weighted by Gasteiger charge is 2.30. The molecule has 1 aliphatic carbocycles. The molecule has 2 amide bonds. The average Bonchev–Trinajstić information content (AvgIpc) is 2.61. The third kappa shape index (κ3) is 9.44. The van der Waals surface area contributed by atoms with E-state index in [0.29, 0.717) is 6.42 Å². The van der Waals surface area contributed by atoms with Crippen LogP contribution < -0.4 is 5.32 Å². The molecule has 0 aliphatic heterocycles. The van der Waals surface area contributed by atoms with E-state index in [1.807, 2.05) is 12.3 Å². The quantitative estimate of drug-likeness (QED) is 0.576. The second-order valence-electron chi connectivity index (χ2n) is 9.77. The molecule has 1 atom stereocenters. The molecule has 1 aliphatic rings. The maximum absolute atomic E-state index is 12.5. The van der Waals surface area contributed by atoms with Gasteiger partial charge in [-0.25, -0.2) is 14.5 Å². The first-order valence-corrected chi connectivity index (χ1v) is 10.9. The summed E-state index contributed by atoms with van der Waals surface area (Å²) in [5.41, 5.74) is 1.11. The molecule has 2 rings (SSSR count). The van der Waals surface area contributed by atoms with E-state index in [1.165, 1.54) is 5.56 Å². The Morgan fingerprint density at radius 3 is 2.29 bits per heavy atom. The predicted octanol–water partition coefficient (Wildman–Crippen LogP) is 5.42. The zero-order valence-electron chi connectivity index (χ0n) is 19.7. The molecule has 1 heterocycles. The largest absolute Gasteiger partial charge is 0.443 e. The first kappa shape index (κ1) is 27.2. The minimum atomic E-state index is -0.680. The maximum Gasteiger partial charge on any atom is 0.419 e. The van der Waals surface area contributed by atoms with Gasteiger partial charge in [0.1, 0.15) is 11.2 Å². The van der Waals surface area contributed by atoms with Crippen LogP contribution in [0.1, 0.15) is 84.5 Å². The number of hydrogen-bond acceptors (Lipinski definition) is 6. The van der Waals surface area contributed by atoms with E-state index in [9.17, 15) is 9.59 Å². The number of nitrogens with zero attached hydrogens (tertiary/aromatic N) is 2. The van der Waals surface area contributed by atoms with Crippen LogP contribution in [0.2, 0.25) is 0 Å². The van der Waals surface area contributed by atoms with Crippen LogP contribution in [0.15, 0.2) is 18.3 Å². The van der Waals surface area contributed by atoms with Gasteiger partial charge in [0.15, 0.2) is 0 Å². The predicted molar refractivity (Wildman–Crippen MR) is 124 cm³/mol. The molecular weight excluding hydrogens is 418 g/mol. The molecule has 1 unspecified atom stereocenters. The van der Waals surface area contributed by atoms with Crippen molar-refractivity contribution >= 4 is 24.6 Å². The third-order valence-electron chi connectivity index (χ3n) is 4.62. The number of unbranched alkanes of at least 4 members (excludes halogenated alkanes) is 1. The van der Waals surface area contributed by atoms with E-state index in [-0.39, 0.29) is 25.0 Å². The van der Waals surface area contributed by atoms with Gasteiger partial charge in [0.25, 0.3) is 0 Å². The van der Waals surface area contributed by atoms with Gasteiger partial charge in [-0.3, -0.25) is 4.98 Å². The number of fused-ring (bicyclic) bond motifs is 1. The number of imide groups is 1. The molecule has 0 bridgehead atoms. The molecule has 7 nitrogen and oxygen atoms in total. The van der Waals surface area contributed by atoms with Crippen LogP contribution >= 0.6 is 12.4 Å². The van der Waals surface area contributed by atoms with Crippen LogP contribution in [-0.2, 0) is 15.9 Å². The van der Waals surface area contributed by atoms with E-state index < -0.39 is 23.4 Å². The second-order valence-corrected chi connectivity index (χ2v) is 9.77. The Hall–Kier alpha value is -1.86. The summed E-state index contributed by atoms with van der Waals surface area (Å²) in [6.07, 6.45) is 5.30. The summed E-state index contributed by atoms with van der Waals surface area (Å²) in [5, 5.41) is 3.57. The van der Waals surface area contributed by atoms with Crippen LogP contribution in [0.5, 0.6) is 0 Å². The van der Waals surface area contributed by atoms with Crippen molar-refractivity contribution < 1.29 is 19.1 Å². The highest BCUT2D eigenvalue weighted by atomic mass is 35.5. The molecule has 1 aromatic heterocycles. The number of halogens is 1. The van der Waals surface area contributed by atoms with Crippen molar-refractivity contribution in [1.82, 2.24) is 15.2 Å². The summed E-state index contributed by atoms with van der Waals surface area (Å²) in [6.45, 7) is 11.7. The van der Waals surface area contributed by atoms with Gasteiger partial charge in [-0.15, -0.1) is 12.4 Å². The molecule has 0 spiro atoms. The molecule has 1 aromatic rings. The summed E-state index contributed by atoms with van der Waals surface area (Å²) < 4.78 is 10.8. The van der Waals surface area contributed by atoms with Crippen LogP contribution in [0.3, 0.4) is 0 Å². The maximum atomic E-state index is 12.5. The van der Waals surface area contributed by atoms with Gasteiger partial charge in [-0.2, -0.15) is 0 Å². The number of aromatic nitrogens is 1. The van der Waals surface area contributed by atoms with Gasteiger partial charge in [-0.05, 0) is 91.8 Å². The molecule has 0 saturated heterocycles. The van der Waals surface area contributed by atoms with Gasteiger partial charge < -0.3 is 14.8 Å². The van der Waals surface area contributed by atoms with Crippen molar-refractivity contribution in [1.29, 1.82) is 0 Å². The monoisotopic (exact) mass is 455 g/mol. The Morgan fingerprint density at radius 2 is 1.71 bits per heavy atom. The molecule has 176 valence electrons. The Balaban J connectivity index is 0.00000480. The van der Waals surface area contributed by atoms with Crippen molar-refractivity contribution in [3.63, 3.8) is 0 Å². The number of nitrogens with one attached hydrogen (secondary N) is 1. The van der Waals surface area contributed by atoms with Crippen molar-refractivity contribution in [3.05, 3.63) is 29.6 Å². The molecular formula is C23H38ClN3O4. The van der Waals surface area contributed by atoms with Crippen molar-refractivity contribution in [2.75, 3.05) is 13.1 Å². The van der Waals surface area contributed by atoms with Crippen molar-refractivity contribution in [2.24, 2.45) is 0 Å². The Labute approximate surface area is 192 Å². The average molecular weight is 456 g/mol. The van der Waals surface area contributed by atoms with E-state index in [0.717, 1.165) is 42.8 Å². The summed E-state index contributed by atoms with van der Waals surface area (Å²) in [4.78, 5) is 30.6. The van der Waals surface area contributed by atoms with E-state index in [1.54, 1.807) is 41.5 Å². The van der Waals surface area contributed by atoms with Crippen LogP contribution in [0, 0.1) is 0 Å². The number of ether oxygens (including phenoxy) is 2. The lowest BCUT2D eigenvalue weighted by Crippen LogP contribution is -2.44. The van der Waals surface area contributed by atoms with Crippen LogP contribution in [-0.4, -0.2) is 46.4 Å². The summed E-state index contributed by atoms with van der Waals surface area (Å²) >= 11 is 0. The molecule has 8 heteroatoms. The number of hydrogen-bond donors (Lipinski definition) is 1. The lowest BCUT2D eigenvalue weighted by atomic mass is 9.92. The highest BCUT2D eigenvalue weighted by molar-refractivity contribution is 5.88. The van der Waals surface area contributed by atoms with E-state index in [2.05, 4.69) is 16.4 Å². The van der Waals surface area contributed by atoms with E-state index >= 15 is 0 Å². The van der Waals surface area contributed by atoms with Gasteiger partial charge in [0, 0.05) is 18.8 Å². The standard InChI is InChI=1S/C23H37N3O4.ClH/c1-22(2,3)29-20(27)26(21(28)30-23(4,5)6)16-8-7-14-24-18-13-9-11-17-12-10-15-25-19(17)18;/h10,12,15,18,24H,7-9,11,13-14,16H2,1-6H3;1H. The van der Waals surface area contributed by atoms with Gasteiger partial charge >= 0.3 is 12.2 Å². The number of aryl methyl sites for hydroxylation is 1. The van der Waals surface area contributed by atoms with Crippen LogP contribution in [0.25, 0.3) is 0 Å². The molecule has 0 saturated carbocycles. The number of rotatable bonds is 6. The van der Waals surface area contributed by atoms with Gasteiger partial charge in [0.2, 0.25) is 0 Å². The first-order chi connectivity index (χ1) is 14.0. The number of carbonyl (C=O) groups is 2. The van der Waals surface area contributed by atoms with Crippen molar-refractivity contribution in [3.8, 4) is 0 Å². The lowest BCUT2D eigenvalue weighted by molar-refractivity contribution is 0.00120. The lowest BCUT2D eigenvalue weighted by Gasteiger charge is -2.28. The fraction of sp³-hybridized carbons (Fsp3) is 0.696. The highest BCUT2D eigenvalue weighted by Crippen LogP contribution is 2.27. The van der Waals surface area contributed by atoms with Gasteiger partial charge in [0.05, 0.1) is 5.69 Å². The Morgan fingerprint density at radius 1 is 1.10 bits per heavy atom. The topological polar surface area (TPSA) is 80.8 Å².